The van der Waals surface area contributed by atoms with E-state index in [2.05, 4.69) is 38.3 Å². The van der Waals surface area contributed by atoms with Crippen molar-refractivity contribution in [2.24, 2.45) is 11.3 Å². The van der Waals surface area contributed by atoms with Gasteiger partial charge in [0.2, 0.25) is 5.91 Å². The van der Waals surface area contributed by atoms with Crippen LogP contribution in [0.4, 0.5) is 0 Å². The van der Waals surface area contributed by atoms with Gasteiger partial charge in [-0.1, -0.05) is 34.6 Å². The van der Waals surface area contributed by atoms with Crippen LogP contribution in [0.5, 0.6) is 0 Å². The minimum Gasteiger partial charge on any atom is -0.358 e. The smallest absolute Gasteiger partial charge is 0.239 e. The van der Waals surface area contributed by atoms with Gasteiger partial charge in [-0.15, -0.1) is 0 Å². The van der Waals surface area contributed by atoms with E-state index in [4.69, 9.17) is 0 Å². The summed E-state index contributed by atoms with van der Waals surface area (Å²) in [6.07, 6.45) is 0.793. The van der Waals surface area contributed by atoms with E-state index < -0.39 is 5.54 Å². The van der Waals surface area contributed by atoms with Gasteiger partial charge in [-0.2, -0.15) is 0 Å². The fourth-order valence-corrected chi connectivity index (χ4v) is 1.27. The Hall–Kier alpha value is -0.570. The SMILES string of the molecule is CCC(C)(NCC(C)(C)C(C)C)C(=O)NC. The molecule has 96 valence electrons. The summed E-state index contributed by atoms with van der Waals surface area (Å²) in [5.74, 6) is 0.653. The lowest BCUT2D eigenvalue weighted by Gasteiger charge is -2.35. The zero-order chi connectivity index (χ0) is 13.0. The molecule has 2 N–H and O–H groups in total. The van der Waals surface area contributed by atoms with Crippen molar-refractivity contribution < 1.29 is 4.79 Å². The third kappa shape index (κ3) is 3.78. The highest BCUT2D eigenvalue weighted by atomic mass is 16.2. The average molecular weight is 228 g/mol. The van der Waals surface area contributed by atoms with E-state index in [1.165, 1.54) is 0 Å². The van der Waals surface area contributed by atoms with Crippen molar-refractivity contribution in [3.8, 4) is 0 Å². The molecule has 0 aliphatic carbocycles. The number of hydrogen-bond donors (Lipinski definition) is 2. The van der Waals surface area contributed by atoms with Crippen LogP contribution in [0.2, 0.25) is 0 Å². The third-order valence-electron chi connectivity index (χ3n) is 3.93. The molecule has 0 bridgehead atoms. The molecule has 1 amide bonds. The van der Waals surface area contributed by atoms with Crippen molar-refractivity contribution in [3.05, 3.63) is 0 Å². The number of amides is 1. The van der Waals surface area contributed by atoms with Crippen LogP contribution < -0.4 is 10.6 Å². The second-order valence-electron chi connectivity index (χ2n) is 5.76. The number of rotatable bonds is 6. The van der Waals surface area contributed by atoms with Gasteiger partial charge in [0, 0.05) is 13.6 Å². The molecule has 0 fully saturated rings. The summed E-state index contributed by atoms with van der Waals surface area (Å²) < 4.78 is 0. The highest BCUT2D eigenvalue weighted by molar-refractivity contribution is 5.85. The summed E-state index contributed by atoms with van der Waals surface area (Å²) in [7, 11) is 1.69. The van der Waals surface area contributed by atoms with Gasteiger partial charge in [0.15, 0.2) is 0 Å². The minimum atomic E-state index is -0.457. The summed E-state index contributed by atoms with van der Waals surface area (Å²) in [6, 6.07) is 0. The summed E-state index contributed by atoms with van der Waals surface area (Å²) in [5.41, 5.74) is -0.259. The average Bonchev–Trinajstić information content (AvgIpc) is 2.24. The number of carbonyl (C=O) groups excluding carboxylic acids is 1. The number of nitrogens with one attached hydrogen (secondary N) is 2. The largest absolute Gasteiger partial charge is 0.358 e. The van der Waals surface area contributed by atoms with E-state index in [1.807, 2.05) is 13.8 Å². The first kappa shape index (κ1) is 15.4. The van der Waals surface area contributed by atoms with E-state index in [0.717, 1.165) is 13.0 Å². The van der Waals surface area contributed by atoms with Gasteiger partial charge in [0.1, 0.15) is 0 Å². The molecular weight excluding hydrogens is 200 g/mol. The number of hydrogen-bond acceptors (Lipinski definition) is 2. The second-order valence-corrected chi connectivity index (χ2v) is 5.76. The lowest BCUT2D eigenvalue weighted by molar-refractivity contribution is -0.126. The van der Waals surface area contributed by atoms with Crippen LogP contribution in [0, 0.1) is 11.3 Å². The van der Waals surface area contributed by atoms with E-state index >= 15 is 0 Å². The first-order valence-corrected chi connectivity index (χ1v) is 6.17. The number of likely N-dealkylation sites (N-methyl/N-ethyl adjacent to an activating group) is 1. The lowest BCUT2D eigenvalue weighted by atomic mass is 9.80. The van der Waals surface area contributed by atoms with Crippen LogP contribution in [0.25, 0.3) is 0 Å². The Bertz CT molecular complexity index is 236. The Kier molecular flexibility index (Phi) is 5.47. The topological polar surface area (TPSA) is 41.1 Å². The van der Waals surface area contributed by atoms with Crippen LogP contribution >= 0.6 is 0 Å². The molecule has 0 rings (SSSR count). The molecule has 0 aromatic rings. The van der Waals surface area contributed by atoms with E-state index in [0.29, 0.717) is 5.92 Å². The Labute approximate surface area is 100 Å². The Morgan fingerprint density at radius 2 is 1.75 bits per heavy atom. The molecule has 0 aromatic heterocycles. The van der Waals surface area contributed by atoms with Gasteiger partial charge in [-0.3, -0.25) is 4.79 Å². The zero-order valence-electron chi connectivity index (χ0n) is 11.9. The van der Waals surface area contributed by atoms with Gasteiger partial charge in [0.05, 0.1) is 5.54 Å². The molecule has 0 heterocycles. The molecule has 0 aliphatic heterocycles. The molecule has 1 atom stereocenters. The maximum absolute atomic E-state index is 11.8. The molecule has 3 heteroatoms. The molecule has 16 heavy (non-hydrogen) atoms. The van der Waals surface area contributed by atoms with Crippen molar-refractivity contribution in [2.45, 2.75) is 53.5 Å². The maximum Gasteiger partial charge on any atom is 0.239 e. The summed E-state index contributed by atoms with van der Waals surface area (Å²) in [6.45, 7) is 13.7. The first-order valence-electron chi connectivity index (χ1n) is 6.17. The van der Waals surface area contributed by atoms with Gasteiger partial charge in [0.25, 0.3) is 0 Å². The molecule has 0 aliphatic rings. The van der Waals surface area contributed by atoms with E-state index in [9.17, 15) is 4.79 Å². The first-order chi connectivity index (χ1) is 7.19. The summed E-state index contributed by atoms with van der Waals surface area (Å²) >= 11 is 0. The predicted molar refractivity (Wildman–Crippen MR) is 69.4 cm³/mol. The summed E-state index contributed by atoms with van der Waals surface area (Å²) in [5, 5.41) is 6.13. The maximum atomic E-state index is 11.8. The monoisotopic (exact) mass is 228 g/mol. The Balaban J connectivity index is 4.52. The van der Waals surface area contributed by atoms with Crippen LogP contribution in [-0.2, 0) is 4.79 Å². The third-order valence-corrected chi connectivity index (χ3v) is 3.93. The quantitative estimate of drug-likeness (QED) is 0.731. The molecule has 0 aromatic carbocycles. The highest BCUT2D eigenvalue weighted by Crippen LogP contribution is 2.26. The summed E-state index contributed by atoms with van der Waals surface area (Å²) in [4.78, 5) is 11.8. The Morgan fingerprint density at radius 1 is 1.25 bits per heavy atom. The highest BCUT2D eigenvalue weighted by Gasteiger charge is 2.32. The van der Waals surface area contributed by atoms with Crippen molar-refractivity contribution in [2.75, 3.05) is 13.6 Å². The minimum absolute atomic E-state index is 0.0644. The molecule has 0 spiro atoms. The normalized spacial score (nSPS) is 16.0. The van der Waals surface area contributed by atoms with Crippen molar-refractivity contribution in [1.82, 2.24) is 10.6 Å². The van der Waals surface area contributed by atoms with Crippen molar-refractivity contribution >= 4 is 5.91 Å². The van der Waals surface area contributed by atoms with Crippen LogP contribution in [0.15, 0.2) is 0 Å². The number of carbonyl (C=O) groups is 1. The van der Waals surface area contributed by atoms with Crippen molar-refractivity contribution in [1.29, 1.82) is 0 Å². The fourth-order valence-electron chi connectivity index (χ4n) is 1.27. The van der Waals surface area contributed by atoms with Gasteiger partial charge >= 0.3 is 0 Å². The van der Waals surface area contributed by atoms with Gasteiger partial charge < -0.3 is 10.6 Å². The van der Waals surface area contributed by atoms with Gasteiger partial charge in [-0.05, 0) is 24.7 Å². The fraction of sp³-hybridized carbons (Fsp3) is 0.923. The predicted octanol–water partition coefficient (Wildman–Crippen LogP) is 2.17. The zero-order valence-corrected chi connectivity index (χ0v) is 11.9. The van der Waals surface area contributed by atoms with Crippen molar-refractivity contribution in [3.63, 3.8) is 0 Å². The second kappa shape index (κ2) is 5.67. The standard InChI is InChI=1S/C13H28N2O/c1-8-13(6,11(16)14-7)15-9-12(4,5)10(2)3/h10,15H,8-9H2,1-7H3,(H,14,16). The molecular formula is C13H28N2O. The van der Waals surface area contributed by atoms with E-state index in [-0.39, 0.29) is 11.3 Å². The Morgan fingerprint density at radius 3 is 2.06 bits per heavy atom. The molecule has 0 saturated heterocycles. The van der Waals surface area contributed by atoms with Crippen LogP contribution in [0.1, 0.15) is 48.0 Å². The van der Waals surface area contributed by atoms with E-state index in [1.54, 1.807) is 7.05 Å². The van der Waals surface area contributed by atoms with Gasteiger partial charge in [-0.25, -0.2) is 0 Å². The lowest BCUT2D eigenvalue weighted by Crippen LogP contribution is -2.56. The molecule has 1 unspecified atom stereocenters. The molecule has 3 nitrogen and oxygen atoms in total. The molecule has 0 saturated carbocycles. The van der Waals surface area contributed by atoms with Crippen LogP contribution in [-0.4, -0.2) is 25.0 Å². The molecule has 0 radical (unpaired) electrons. The van der Waals surface area contributed by atoms with Crippen LogP contribution in [0.3, 0.4) is 0 Å².